The molecule has 3 aromatic rings. The van der Waals surface area contributed by atoms with Crippen LogP contribution in [0.3, 0.4) is 0 Å². The molecule has 1 aromatic heterocycles. The van der Waals surface area contributed by atoms with E-state index in [2.05, 4.69) is 16.0 Å². The summed E-state index contributed by atoms with van der Waals surface area (Å²) in [5, 5.41) is 10.0. The molecule has 7 heteroatoms. The zero-order chi connectivity index (χ0) is 22.8. The molecule has 32 heavy (non-hydrogen) atoms. The van der Waals surface area contributed by atoms with Gasteiger partial charge in [0.25, 0.3) is 0 Å². The third-order valence-electron chi connectivity index (χ3n) is 5.39. The molecule has 0 aliphatic carbocycles. The highest BCUT2D eigenvalue weighted by molar-refractivity contribution is 6.30. The molecule has 2 aromatic carbocycles. The number of hydrogen-bond donors (Lipinski definition) is 0. The highest BCUT2D eigenvalue weighted by Gasteiger charge is 2.23. The zero-order valence-electron chi connectivity index (χ0n) is 18.0. The van der Waals surface area contributed by atoms with Crippen molar-refractivity contribution in [3.05, 3.63) is 92.3 Å². The Balaban J connectivity index is 1.79. The Hall–Kier alpha value is -3.27. The van der Waals surface area contributed by atoms with Gasteiger partial charge >= 0.3 is 0 Å². The van der Waals surface area contributed by atoms with Crippen molar-refractivity contribution < 1.29 is 13.9 Å². The number of aromatic nitrogens is 2. The van der Waals surface area contributed by atoms with Crippen LogP contribution in [0.5, 0.6) is 5.75 Å². The Morgan fingerprint density at radius 1 is 1.22 bits per heavy atom. The Morgan fingerprint density at radius 2 is 2.00 bits per heavy atom. The minimum atomic E-state index is -0.385. The molecule has 1 aliphatic rings. The number of halogens is 2. The SMILES string of the molecule is COCc1nc(C)nc(Cl)c1Cc1ccc2c(c1)COc1cc(F)ccc1/C2=C(\C)C#N. The van der Waals surface area contributed by atoms with E-state index in [4.69, 9.17) is 21.1 Å². The largest absolute Gasteiger partial charge is 0.488 e. The van der Waals surface area contributed by atoms with Crippen molar-refractivity contribution in [3.63, 3.8) is 0 Å². The third kappa shape index (κ3) is 4.22. The van der Waals surface area contributed by atoms with Crippen LogP contribution in [0.2, 0.25) is 5.15 Å². The molecule has 0 unspecified atom stereocenters. The first-order chi connectivity index (χ1) is 15.4. The van der Waals surface area contributed by atoms with E-state index in [1.165, 1.54) is 12.1 Å². The van der Waals surface area contributed by atoms with Crippen LogP contribution in [0, 0.1) is 24.1 Å². The van der Waals surface area contributed by atoms with Gasteiger partial charge in [-0.25, -0.2) is 14.4 Å². The maximum atomic E-state index is 13.8. The number of ether oxygens (including phenoxy) is 2. The Labute approximate surface area is 191 Å². The molecule has 0 bridgehead atoms. The Morgan fingerprint density at radius 3 is 2.75 bits per heavy atom. The summed E-state index contributed by atoms with van der Waals surface area (Å²) in [7, 11) is 1.61. The van der Waals surface area contributed by atoms with Gasteiger partial charge in [0.2, 0.25) is 0 Å². The van der Waals surface area contributed by atoms with Gasteiger partial charge in [0.15, 0.2) is 0 Å². The van der Waals surface area contributed by atoms with Gasteiger partial charge in [-0.3, -0.25) is 0 Å². The molecule has 4 rings (SSSR count). The van der Waals surface area contributed by atoms with Gasteiger partial charge in [-0.15, -0.1) is 0 Å². The summed E-state index contributed by atoms with van der Waals surface area (Å²) >= 11 is 6.44. The fourth-order valence-corrected chi connectivity index (χ4v) is 4.25. The van der Waals surface area contributed by atoms with E-state index >= 15 is 0 Å². The summed E-state index contributed by atoms with van der Waals surface area (Å²) in [6, 6.07) is 12.6. The molecule has 0 radical (unpaired) electrons. The van der Waals surface area contributed by atoms with Crippen LogP contribution in [0.1, 0.15) is 46.3 Å². The van der Waals surface area contributed by atoms with Crippen molar-refractivity contribution in [2.75, 3.05) is 7.11 Å². The van der Waals surface area contributed by atoms with Crippen molar-refractivity contribution in [3.8, 4) is 11.8 Å². The lowest BCUT2D eigenvalue weighted by Gasteiger charge is -2.14. The van der Waals surface area contributed by atoms with Gasteiger partial charge in [-0.1, -0.05) is 29.8 Å². The maximum Gasteiger partial charge on any atom is 0.136 e. The fourth-order valence-electron chi connectivity index (χ4n) is 3.95. The fraction of sp³-hybridized carbons (Fsp3) is 0.240. The van der Waals surface area contributed by atoms with E-state index in [9.17, 15) is 9.65 Å². The number of hydrogen-bond acceptors (Lipinski definition) is 5. The highest BCUT2D eigenvalue weighted by Crippen LogP contribution is 2.39. The van der Waals surface area contributed by atoms with Crippen LogP contribution in [-0.2, 0) is 24.4 Å². The average molecular weight is 450 g/mol. The van der Waals surface area contributed by atoms with Crippen LogP contribution in [0.25, 0.3) is 5.57 Å². The van der Waals surface area contributed by atoms with Gasteiger partial charge < -0.3 is 9.47 Å². The lowest BCUT2D eigenvalue weighted by atomic mass is 9.89. The van der Waals surface area contributed by atoms with E-state index in [0.29, 0.717) is 40.9 Å². The maximum absolute atomic E-state index is 13.8. The number of fused-ring (bicyclic) bond motifs is 2. The molecule has 0 fully saturated rings. The second-order valence-electron chi connectivity index (χ2n) is 7.63. The van der Waals surface area contributed by atoms with Crippen LogP contribution in [0.4, 0.5) is 4.39 Å². The molecular weight excluding hydrogens is 429 g/mol. The lowest BCUT2D eigenvalue weighted by Crippen LogP contribution is -2.06. The van der Waals surface area contributed by atoms with Gasteiger partial charge in [-0.05, 0) is 42.7 Å². The first-order valence-corrected chi connectivity index (χ1v) is 10.5. The number of rotatable bonds is 4. The zero-order valence-corrected chi connectivity index (χ0v) is 18.8. The van der Waals surface area contributed by atoms with E-state index < -0.39 is 0 Å². The van der Waals surface area contributed by atoms with Crippen LogP contribution < -0.4 is 4.74 Å². The minimum absolute atomic E-state index is 0.255. The molecule has 0 spiro atoms. The first kappa shape index (κ1) is 21.9. The van der Waals surface area contributed by atoms with E-state index in [1.54, 1.807) is 27.0 Å². The summed E-state index contributed by atoms with van der Waals surface area (Å²) in [6.45, 7) is 4.14. The predicted molar refractivity (Wildman–Crippen MR) is 120 cm³/mol. The molecule has 162 valence electrons. The summed E-state index contributed by atoms with van der Waals surface area (Å²) < 4.78 is 25.1. The van der Waals surface area contributed by atoms with E-state index in [-0.39, 0.29) is 12.4 Å². The molecule has 0 amide bonds. The number of nitriles is 1. The monoisotopic (exact) mass is 449 g/mol. The smallest absolute Gasteiger partial charge is 0.136 e. The lowest BCUT2D eigenvalue weighted by molar-refractivity contribution is 0.180. The number of benzene rings is 2. The highest BCUT2D eigenvalue weighted by atomic mass is 35.5. The summed E-state index contributed by atoms with van der Waals surface area (Å²) in [6.07, 6.45) is 0.517. The normalized spacial score (nSPS) is 14.0. The molecule has 5 nitrogen and oxygen atoms in total. The summed E-state index contributed by atoms with van der Waals surface area (Å²) in [5.41, 5.74) is 6.33. The van der Waals surface area contributed by atoms with Gasteiger partial charge in [-0.2, -0.15) is 5.26 Å². The molecular formula is C25H21ClFN3O2. The van der Waals surface area contributed by atoms with Crippen LogP contribution in [-0.4, -0.2) is 17.1 Å². The minimum Gasteiger partial charge on any atom is -0.488 e. The number of nitrogens with zero attached hydrogens (tertiary/aromatic N) is 3. The van der Waals surface area contributed by atoms with Crippen LogP contribution in [0.15, 0.2) is 42.0 Å². The number of methoxy groups -OCH3 is 1. The second-order valence-corrected chi connectivity index (χ2v) is 7.99. The molecule has 0 atom stereocenters. The third-order valence-corrected chi connectivity index (χ3v) is 5.71. The summed E-state index contributed by atoms with van der Waals surface area (Å²) in [4.78, 5) is 8.77. The quantitative estimate of drug-likeness (QED) is 0.385. The molecule has 0 saturated heterocycles. The number of aryl methyl sites for hydroxylation is 1. The molecule has 1 aliphatic heterocycles. The van der Waals surface area contributed by atoms with E-state index in [0.717, 1.165) is 33.5 Å². The van der Waals surface area contributed by atoms with Crippen molar-refractivity contribution in [2.45, 2.75) is 33.5 Å². The van der Waals surface area contributed by atoms with E-state index in [1.807, 2.05) is 18.2 Å². The summed E-state index contributed by atoms with van der Waals surface area (Å²) in [5.74, 6) is 0.627. The van der Waals surface area contributed by atoms with Gasteiger partial charge in [0.1, 0.15) is 29.2 Å². The van der Waals surface area contributed by atoms with Crippen LogP contribution >= 0.6 is 11.6 Å². The van der Waals surface area contributed by atoms with Crippen molar-refractivity contribution in [1.82, 2.24) is 9.97 Å². The van der Waals surface area contributed by atoms with Crippen molar-refractivity contribution >= 4 is 17.2 Å². The molecule has 2 heterocycles. The Kier molecular flexibility index (Phi) is 6.22. The first-order valence-electron chi connectivity index (χ1n) is 10.1. The predicted octanol–water partition coefficient (Wildman–Crippen LogP) is 5.55. The Bertz CT molecular complexity index is 1280. The van der Waals surface area contributed by atoms with Gasteiger partial charge in [0.05, 0.1) is 18.4 Å². The topological polar surface area (TPSA) is 68.0 Å². The van der Waals surface area contributed by atoms with Crippen molar-refractivity contribution in [2.24, 2.45) is 0 Å². The molecule has 0 saturated carbocycles. The van der Waals surface area contributed by atoms with Crippen molar-refractivity contribution in [1.29, 1.82) is 5.26 Å². The average Bonchev–Trinajstić information content (AvgIpc) is 2.92. The molecule has 0 N–H and O–H groups in total. The van der Waals surface area contributed by atoms with Gasteiger partial charge in [0, 0.05) is 41.9 Å². The standard InChI is InChI=1S/C25H21ClFN3O2/c1-14(11-28)24-19-6-4-16(9-21-22(13-31-3)29-15(2)30-25(21)26)8-17(19)12-32-23-10-18(27)5-7-20(23)24/h4-8,10H,9,12-13H2,1-3H3/b24-14+. The number of allylic oxidation sites excluding steroid dienone is 1. The second kappa shape index (κ2) is 9.07.